The van der Waals surface area contributed by atoms with Crippen LogP contribution < -0.4 is 14.4 Å². The van der Waals surface area contributed by atoms with Gasteiger partial charge in [-0.3, -0.25) is 4.79 Å². The molecule has 0 radical (unpaired) electrons. The lowest BCUT2D eigenvalue weighted by Gasteiger charge is -2.24. The Kier molecular flexibility index (Phi) is 7.02. The summed E-state index contributed by atoms with van der Waals surface area (Å²) in [5.41, 5.74) is 2.69. The summed E-state index contributed by atoms with van der Waals surface area (Å²) in [5.74, 6) is 1.28. The Morgan fingerprint density at radius 3 is 2.33 bits per heavy atom. The molecule has 186 valence electrons. The van der Waals surface area contributed by atoms with Crippen molar-refractivity contribution < 1.29 is 22.7 Å². The average Bonchev–Trinajstić information content (AvgIpc) is 3.34. The molecule has 0 saturated carbocycles. The molecule has 0 bridgehead atoms. The molecule has 1 amide bonds. The van der Waals surface area contributed by atoms with Crippen molar-refractivity contribution >= 4 is 38.4 Å². The van der Waals surface area contributed by atoms with Crippen molar-refractivity contribution in [3.8, 4) is 11.5 Å². The van der Waals surface area contributed by atoms with Gasteiger partial charge in [0.1, 0.15) is 18.1 Å². The van der Waals surface area contributed by atoms with Gasteiger partial charge in [0.25, 0.3) is 5.91 Å². The number of ether oxygens (including phenoxy) is 2. The van der Waals surface area contributed by atoms with Crippen molar-refractivity contribution in [1.29, 1.82) is 0 Å². The maximum atomic E-state index is 12.8. The van der Waals surface area contributed by atoms with Gasteiger partial charge in [0, 0.05) is 10.9 Å². The summed E-state index contributed by atoms with van der Waals surface area (Å²) in [7, 11) is -1.55. The van der Waals surface area contributed by atoms with E-state index in [2.05, 4.69) is 4.99 Å². The molecule has 0 unspecified atom stereocenters. The van der Waals surface area contributed by atoms with Gasteiger partial charge in [-0.25, -0.2) is 8.42 Å². The summed E-state index contributed by atoms with van der Waals surface area (Å²) >= 11 is 1.37. The van der Waals surface area contributed by atoms with E-state index in [1.807, 2.05) is 83.8 Å². The summed E-state index contributed by atoms with van der Waals surface area (Å²) in [5, 5.41) is 0.382. The van der Waals surface area contributed by atoms with Crippen molar-refractivity contribution in [1.82, 2.24) is 0 Å². The first-order valence-electron chi connectivity index (χ1n) is 11.6. The molecule has 2 atom stereocenters. The first kappa shape index (κ1) is 24.4. The quantitative estimate of drug-likeness (QED) is 0.462. The van der Waals surface area contributed by atoms with E-state index < -0.39 is 9.84 Å². The normalized spacial score (nSPS) is 21.4. The van der Waals surface area contributed by atoms with Crippen molar-refractivity contribution in [2.75, 3.05) is 23.5 Å². The van der Waals surface area contributed by atoms with E-state index in [4.69, 9.17) is 9.47 Å². The van der Waals surface area contributed by atoms with E-state index in [0.717, 1.165) is 22.6 Å². The molecule has 7 nitrogen and oxygen atoms in total. The fourth-order valence-electron chi connectivity index (χ4n) is 4.37. The van der Waals surface area contributed by atoms with Crippen molar-refractivity contribution in [2.45, 2.75) is 24.3 Å². The van der Waals surface area contributed by atoms with E-state index >= 15 is 0 Å². The minimum Gasteiger partial charge on any atom is -0.497 e. The Labute approximate surface area is 215 Å². The van der Waals surface area contributed by atoms with Crippen LogP contribution in [0, 0.1) is 0 Å². The highest BCUT2D eigenvalue weighted by molar-refractivity contribution is 8.16. The number of rotatable bonds is 7. The highest BCUT2D eigenvalue weighted by Gasteiger charge is 2.49. The van der Waals surface area contributed by atoms with Crippen LogP contribution in [0.25, 0.3) is 0 Å². The Hall–Kier alpha value is -3.30. The highest BCUT2D eigenvalue weighted by Crippen LogP contribution is 2.41. The lowest BCUT2D eigenvalue weighted by atomic mass is 10.1. The van der Waals surface area contributed by atoms with Gasteiger partial charge < -0.3 is 14.4 Å². The monoisotopic (exact) mass is 522 g/mol. The molecular formula is C27H26N2O5S2. The number of carbonyl (C=O) groups excluding carboxylic acids is 1. The number of anilines is 1. The first-order chi connectivity index (χ1) is 17.4. The number of amides is 1. The molecule has 0 spiro atoms. The second-order valence-corrected chi connectivity index (χ2v) is 12.1. The minimum absolute atomic E-state index is 0.0443. The number of carbonyl (C=O) groups is 1. The largest absolute Gasteiger partial charge is 0.497 e. The molecule has 2 fully saturated rings. The Balaban J connectivity index is 1.34. The topological polar surface area (TPSA) is 85.3 Å². The smallest absolute Gasteiger partial charge is 0.252 e. The predicted octanol–water partition coefficient (Wildman–Crippen LogP) is 4.12. The van der Waals surface area contributed by atoms with E-state index in [-0.39, 0.29) is 35.1 Å². The molecule has 2 saturated heterocycles. The second-order valence-electron chi connectivity index (χ2n) is 8.75. The first-order valence-corrected chi connectivity index (χ1v) is 14.3. The predicted molar refractivity (Wildman–Crippen MR) is 143 cm³/mol. The third-order valence-corrected chi connectivity index (χ3v) is 9.37. The zero-order chi connectivity index (χ0) is 25.1. The number of nitrogens with zero attached hydrogens (tertiary/aromatic N) is 2. The van der Waals surface area contributed by atoms with Crippen LogP contribution in [0.2, 0.25) is 0 Å². The molecule has 0 aliphatic carbocycles. The lowest BCUT2D eigenvalue weighted by Crippen LogP contribution is -2.37. The molecule has 0 aromatic heterocycles. The molecule has 2 aliphatic heterocycles. The number of hydrogen-bond donors (Lipinski definition) is 0. The average molecular weight is 523 g/mol. The van der Waals surface area contributed by atoms with E-state index in [0.29, 0.717) is 17.5 Å². The molecule has 9 heteroatoms. The van der Waals surface area contributed by atoms with Crippen LogP contribution in [-0.2, 0) is 27.7 Å². The van der Waals surface area contributed by atoms with Crippen LogP contribution in [-0.4, -0.2) is 49.4 Å². The zero-order valence-electron chi connectivity index (χ0n) is 19.7. The maximum absolute atomic E-state index is 12.8. The van der Waals surface area contributed by atoms with E-state index in [9.17, 15) is 13.2 Å². The highest BCUT2D eigenvalue weighted by atomic mass is 32.2. The number of hydrogen-bond acceptors (Lipinski definition) is 6. The summed E-state index contributed by atoms with van der Waals surface area (Å²) in [6.45, 7) is 0.454. The number of fused-ring (bicyclic) bond motifs is 1. The molecular weight excluding hydrogens is 496 g/mol. The van der Waals surface area contributed by atoms with Gasteiger partial charge in [-0.1, -0.05) is 54.2 Å². The molecule has 36 heavy (non-hydrogen) atoms. The minimum atomic E-state index is -3.14. The van der Waals surface area contributed by atoms with Gasteiger partial charge in [0.2, 0.25) is 0 Å². The van der Waals surface area contributed by atoms with Crippen molar-refractivity contribution in [2.24, 2.45) is 4.99 Å². The van der Waals surface area contributed by atoms with Crippen LogP contribution in [0.1, 0.15) is 11.1 Å². The second kappa shape index (κ2) is 10.4. The van der Waals surface area contributed by atoms with Crippen LogP contribution >= 0.6 is 11.8 Å². The number of methoxy groups -OCH3 is 1. The molecule has 0 N–H and O–H groups in total. The molecule has 3 aromatic rings. The standard InChI is InChI=1S/C27H26N2O5S2/c1-33-22-11-7-19(8-12-22)15-26(30)28-27-29(24-17-36(31,32)18-25(24)35-27)21-9-13-23(14-10-21)34-16-20-5-3-2-4-6-20/h2-14,24-25H,15-18H2,1H3/t24-,25-/m0/s1. The molecule has 5 rings (SSSR count). The van der Waals surface area contributed by atoms with Gasteiger partial charge in [-0.05, 0) is 47.5 Å². The van der Waals surface area contributed by atoms with Crippen LogP contribution in [0.3, 0.4) is 0 Å². The molecule has 2 heterocycles. The van der Waals surface area contributed by atoms with Gasteiger partial charge in [-0.2, -0.15) is 4.99 Å². The Bertz CT molecular complexity index is 1360. The fraction of sp³-hybridized carbons (Fsp3) is 0.259. The van der Waals surface area contributed by atoms with Gasteiger partial charge >= 0.3 is 0 Å². The summed E-state index contributed by atoms with van der Waals surface area (Å²) < 4.78 is 35.7. The summed E-state index contributed by atoms with van der Waals surface area (Å²) in [4.78, 5) is 19.1. The number of sulfone groups is 1. The summed E-state index contributed by atoms with van der Waals surface area (Å²) in [6, 6.07) is 24.4. The SMILES string of the molecule is COc1ccc(CC(=O)N=C2S[C@H]3CS(=O)(=O)C[C@@H]3N2c2ccc(OCc3ccccc3)cc2)cc1. The van der Waals surface area contributed by atoms with Crippen molar-refractivity contribution in [3.05, 3.63) is 90.0 Å². The van der Waals surface area contributed by atoms with Crippen LogP contribution in [0.15, 0.2) is 83.9 Å². The third-order valence-electron chi connectivity index (χ3n) is 6.16. The number of aliphatic imine (C=N–C) groups is 1. The molecule has 2 aliphatic rings. The maximum Gasteiger partial charge on any atom is 0.252 e. The summed E-state index contributed by atoms with van der Waals surface area (Å²) in [6.07, 6.45) is 0.155. The van der Waals surface area contributed by atoms with Crippen molar-refractivity contribution in [3.63, 3.8) is 0 Å². The van der Waals surface area contributed by atoms with Gasteiger partial charge in [-0.15, -0.1) is 0 Å². The number of amidine groups is 1. The van der Waals surface area contributed by atoms with E-state index in [1.54, 1.807) is 7.11 Å². The number of thioether (sulfide) groups is 1. The Morgan fingerprint density at radius 2 is 1.64 bits per heavy atom. The number of benzene rings is 3. The van der Waals surface area contributed by atoms with Gasteiger partial charge in [0.05, 0.1) is 31.1 Å². The van der Waals surface area contributed by atoms with Crippen LogP contribution in [0.4, 0.5) is 5.69 Å². The van der Waals surface area contributed by atoms with Crippen LogP contribution in [0.5, 0.6) is 11.5 Å². The fourth-order valence-corrected chi connectivity index (χ4v) is 8.31. The van der Waals surface area contributed by atoms with Gasteiger partial charge in [0.15, 0.2) is 15.0 Å². The lowest BCUT2D eigenvalue weighted by molar-refractivity contribution is -0.117. The van der Waals surface area contributed by atoms with E-state index in [1.165, 1.54) is 11.8 Å². The zero-order valence-corrected chi connectivity index (χ0v) is 21.4. The third kappa shape index (κ3) is 5.57. The Morgan fingerprint density at radius 1 is 0.944 bits per heavy atom. The molecule has 3 aromatic carbocycles.